The van der Waals surface area contributed by atoms with Gasteiger partial charge in [-0.15, -0.1) is 0 Å². The molecule has 9 heteroatoms. The molecule has 0 bridgehead atoms. The molecule has 1 aliphatic heterocycles. The van der Waals surface area contributed by atoms with E-state index in [1.165, 1.54) is 0 Å². The first-order chi connectivity index (χ1) is 9.40. The van der Waals surface area contributed by atoms with Crippen LogP contribution in [0.1, 0.15) is 0 Å². The van der Waals surface area contributed by atoms with Crippen molar-refractivity contribution in [2.24, 2.45) is 11.8 Å². The minimum Gasteiger partial charge on any atom is -0.502 e. The van der Waals surface area contributed by atoms with Gasteiger partial charge in [0.2, 0.25) is 10.0 Å². The highest BCUT2D eigenvalue weighted by Crippen LogP contribution is 2.42. The van der Waals surface area contributed by atoms with Crippen molar-refractivity contribution >= 4 is 15.7 Å². The molecule has 3 N–H and O–H groups in total. The Hall–Kier alpha value is -1.71. The van der Waals surface area contributed by atoms with Gasteiger partial charge in [-0.2, -0.15) is 0 Å². The fraction of sp³-hybridized carbons (Fsp3) is 0.455. The molecule has 1 aromatic rings. The van der Waals surface area contributed by atoms with Gasteiger partial charge >= 0.3 is 5.69 Å². The maximum Gasteiger partial charge on any atom is 0.312 e. The average molecular weight is 299 g/mol. The summed E-state index contributed by atoms with van der Waals surface area (Å²) in [5.41, 5.74) is -0.620. The van der Waals surface area contributed by atoms with E-state index in [9.17, 15) is 23.6 Å². The second kappa shape index (κ2) is 4.40. The second-order valence-corrected chi connectivity index (χ2v) is 6.75. The number of sulfonamides is 1. The number of fused-ring (bicyclic) bond motifs is 1. The van der Waals surface area contributed by atoms with Crippen molar-refractivity contribution in [1.82, 2.24) is 10.0 Å². The van der Waals surface area contributed by atoms with Gasteiger partial charge in [-0.3, -0.25) is 10.1 Å². The molecule has 1 aliphatic carbocycles. The molecular formula is C11H13N3O5S. The molecular weight excluding hydrogens is 286 g/mol. The van der Waals surface area contributed by atoms with Crippen LogP contribution in [-0.2, 0) is 10.0 Å². The third kappa shape index (κ3) is 2.13. The van der Waals surface area contributed by atoms with Crippen molar-refractivity contribution in [3.05, 3.63) is 28.3 Å². The summed E-state index contributed by atoms with van der Waals surface area (Å²) in [6, 6.07) is 2.94. The summed E-state index contributed by atoms with van der Waals surface area (Å²) in [6.07, 6.45) is 0. The first-order valence-electron chi connectivity index (χ1n) is 6.10. The standard InChI is InChI=1S/C11H13N3O5S/c15-10-2-1-6(3-9(10)14(16)17)20(18,19)13-11-7-4-12-5-8(7)11/h1-3,7-8,11-13,15H,4-5H2. The van der Waals surface area contributed by atoms with Crippen LogP contribution in [-0.4, -0.2) is 37.6 Å². The summed E-state index contributed by atoms with van der Waals surface area (Å²) in [5.74, 6) is 0.0511. The maximum absolute atomic E-state index is 12.2. The molecule has 2 aliphatic rings. The van der Waals surface area contributed by atoms with Crippen molar-refractivity contribution in [1.29, 1.82) is 0 Å². The molecule has 108 valence electrons. The Morgan fingerprint density at radius 2 is 2.00 bits per heavy atom. The lowest BCUT2D eigenvalue weighted by molar-refractivity contribution is -0.386. The molecule has 1 saturated heterocycles. The SMILES string of the molecule is O=[N+]([O-])c1cc(S(=O)(=O)NC2C3CNCC32)ccc1O. The summed E-state index contributed by atoms with van der Waals surface area (Å²) >= 11 is 0. The Balaban J connectivity index is 1.84. The first kappa shape index (κ1) is 13.3. The lowest BCUT2D eigenvalue weighted by Gasteiger charge is -2.09. The molecule has 2 atom stereocenters. The lowest BCUT2D eigenvalue weighted by atomic mass is 10.3. The van der Waals surface area contributed by atoms with E-state index in [4.69, 9.17) is 0 Å². The summed E-state index contributed by atoms with van der Waals surface area (Å²) in [4.78, 5) is 9.69. The van der Waals surface area contributed by atoms with Crippen molar-refractivity contribution in [2.75, 3.05) is 13.1 Å². The number of phenols is 1. The molecule has 2 unspecified atom stereocenters. The van der Waals surface area contributed by atoms with E-state index in [1.54, 1.807) is 0 Å². The van der Waals surface area contributed by atoms with E-state index < -0.39 is 26.4 Å². The van der Waals surface area contributed by atoms with Gasteiger partial charge in [0.15, 0.2) is 5.75 Å². The zero-order valence-electron chi connectivity index (χ0n) is 10.3. The van der Waals surface area contributed by atoms with E-state index in [-0.39, 0.29) is 10.9 Å². The quantitative estimate of drug-likeness (QED) is 0.522. The minimum atomic E-state index is -3.81. The summed E-state index contributed by atoms with van der Waals surface area (Å²) in [5, 5.41) is 23.2. The summed E-state index contributed by atoms with van der Waals surface area (Å²) in [7, 11) is -3.81. The molecule has 1 aromatic carbocycles. The number of nitrogens with zero attached hydrogens (tertiary/aromatic N) is 1. The molecule has 0 amide bonds. The molecule has 3 rings (SSSR count). The zero-order chi connectivity index (χ0) is 14.5. The molecule has 1 saturated carbocycles. The van der Waals surface area contributed by atoms with Crippen molar-refractivity contribution in [2.45, 2.75) is 10.9 Å². The van der Waals surface area contributed by atoms with Crippen LogP contribution in [0, 0.1) is 22.0 Å². The van der Waals surface area contributed by atoms with Gasteiger partial charge in [0.25, 0.3) is 0 Å². The van der Waals surface area contributed by atoms with Crippen LogP contribution in [0.25, 0.3) is 0 Å². The van der Waals surface area contributed by atoms with E-state index in [0.717, 1.165) is 31.3 Å². The fourth-order valence-corrected chi connectivity index (χ4v) is 4.01. The Morgan fingerprint density at radius 3 is 2.60 bits per heavy atom. The normalized spacial score (nSPS) is 28.1. The largest absolute Gasteiger partial charge is 0.502 e. The summed E-state index contributed by atoms with van der Waals surface area (Å²) < 4.78 is 26.9. The number of hydrogen-bond acceptors (Lipinski definition) is 6. The predicted octanol–water partition coefficient (Wildman–Crippen LogP) is -0.203. The molecule has 8 nitrogen and oxygen atoms in total. The van der Waals surface area contributed by atoms with Gasteiger partial charge in [-0.25, -0.2) is 13.1 Å². The van der Waals surface area contributed by atoms with Crippen molar-refractivity contribution in [3.63, 3.8) is 0 Å². The number of nitro benzene ring substituents is 1. The van der Waals surface area contributed by atoms with Crippen LogP contribution in [0.3, 0.4) is 0 Å². The number of rotatable bonds is 4. The Kier molecular flexibility index (Phi) is 2.92. The Bertz CT molecular complexity index is 665. The number of nitro groups is 1. The lowest BCUT2D eigenvalue weighted by Crippen LogP contribution is -2.32. The molecule has 1 heterocycles. The van der Waals surface area contributed by atoms with Gasteiger partial charge in [0.1, 0.15) is 0 Å². The van der Waals surface area contributed by atoms with Crippen LogP contribution in [0.5, 0.6) is 5.75 Å². The fourth-order valence-electron chi connectivity index (χ4n) is 2.66. The van der Waals surface area contributed by atoms with Gasteiger partial charge in [0.05, 0.1) is 9.82 Å². The average Bonchev–Trinajstić information content (AvgIpc) is 2.83. The number of hydrogen-bond donors (Lipinski definition) is 3. The highest BCUT2D eigenvalue weighted by molar-refractivity contribution is 7.89. The van der Waals surface area contributed by atoms with E-state index in [0.29, 0.717) is 11.8 Å². The van der Waals surface area contributed by atoms with E-state index in [1.807, 2.05) is 0 Å². The highest BCUT2D eigenvalue weighted by atomic mass is 32.2. The third-order valence-corrected chi connectivity index (χ3v) is 5.29. The number of piperidine rings is 1. The third-order valence-electron chi connectivity index (χ3n) is 3.84. The van der Waals surface area contributed by atoms with Crippen LogP contribution >= 0.6 is 0 Å². The van der Waals surface area contributed by atoms with Crippen LogP contribution in [0.15, 0.2) is 23.1 Å². The number of phenolic OH excluding ortho intramolecular Hbond substituents is 1. The second-order valence-electron chi connectivity index (χ2n) is 5.04. The zero-order valence-corrected chi connectivity index (χ0v) is 11.1. The van der Waals surface area contributed by atoms with Gasteiger partial charge in [0, 0.05) is 12.1 Å². The maximum atomic E-state index is 12.2. The van der Waals surface area contributed by atoms with Crippen molar-refractivity contribution in [3.8, 4) is 5.75 Å². The molecule has 20 heavy (non-hydrogen) atoms. The highest BCUT2D eigenvalue weighted by Gasteiger charge is 2.54. The van der Waals surface area contributed by atoms with Gasteiger partial charge in [-0.1, -0.05) is 0 Å². The molecule has 2 fully saturated rings. The monoisotopic (exact) mass is 299 g/mol. The van der Waals surface area contributed by atoms with Crippen molar-refractivity contribution < 1.29 is 18.4 Å². The Labute approximate surface area is 115 Å². The number of nitrogens with one attached hydrogen (secondary N) is 2. The minimum absolute atomic E-state index is 0.103. The van der Waals surface area contributed by atoms with E-state index in [2.05, 4.69) is 10.0 Å². The van der Waals surface area contributed by atoms with Crippen LogP contribution in [0.2, 0.25) is 0 Å². The Morgan fingerprint density at radius 1 is 1.35 bits per heavy atom. The van der Waals surface area contributed by atoms with Crippen LogP contribution < -0.4 is 10.0 Å². The first-order valence-corrected chi connectivity index (χ1v) is 7.59. The number of benzene rings is 1. The predicted molar refractivity (Wildman–Crippen MR) is 68.7 cm³/mol. The topological polar surface area (TPSA) is 122 Å². The van der Waals surface area contributed by atoms with Gasteiger partial charge in [-0.05, 0) is 37.1 Å². The molecule has 0 radical (unpaired) electrons. The number of aromatic hydroxyl groups is 1. The van der Waals surface area contributed by atoms with Crippen LogP contribution in [0.4, 0.5) is 5.69 Å². The molecule has 0 aromatic heterocycles. The molecule has 0 spiro atoms. The van der Waals surface area contributed by atoms with E-state index >= 15 is 0 Å². The smallest absolute Gasteiger partial charge is 0.312 e. The van der Waals surface area contributed by atoms with Gasteiger partial charge < -0.3 is 10.4 Å². The summed E-state index contributed by atoms with van der Waals surface area (Å²) in [6.45, 7) is 1.57.